The van der Waals surface area contributed by atoms with Crippen molar-refractivity contribution < 1.29 is 43.2 Å². The quantitative estimate of drug-likeness (QED) is 0.106. The van der Waals surface area contributed by atoms with E-state index in [1.54, 1.807) is 6.07 Å². The van der Waals surface area contributed by atoms with Gasteiger partial charge >= 0.3 is 5.97 Å². The van der Waals surface area contributed by atoms with Crippen molar-refractivity contribution in [3.05, 3.63) is 36.4 Å². The zero-order valence-electron chi connectivity index (χ0n) is 46.3. The van der Waals surface area contributed by atoms with Crippen molar-refractivity contribution in [1.82, 2.24) is 10.0 Å². The van der Waals surface area contributed by atoms with Crippen LogP contribution in [0.4, 0.5) is 5.69 Å². The lowest BCUT2D eigenvalue weighted by Gasteiger charge is -2.63. The molecule has 0 unspecified atom stereocenters. The molecule has 1 amide bonds. The SMILES string of the molecule is COC(=O)CC[C@@H](C)[C@H]1CC[C@H]2[C@@H]3[C@H](O)C[C@@H]4C[C@H](NC(=O)CC[C@@H](C)[C@H]5CC[C@H]6[C@@H]7[C@H](O)C[C@@H]8C[C@H](NS(=O)(=O)c9cccc%10c(N(C)C)cccc9%10)CC[C@]8(C)[C@H]7C[C@H](O)[C@]56C)CC[C@]4(C)[C@H]3C[C@H](O)[C@]12C. The zero-order chi connectivity index (χ0) is 53.0. The first-order chi connectivity index (χ1) is 35.0. The van der Waals surface area contributed by atoms with Gasteiger partial charge in [-0.15, -0.1) is 0 Å². The molecule has 10 rings (SSSR count). The van der Waals surface area contributed by atoms with Crippen LogP contribution in [0.3, 0.4) is 0 Å². The van der Waals surface area contributed by atoms with Gasteiger partial charge in [-0.25, -0.2) is 13.1 Å². The molecular weight excluding hydrogens is 951 g/mol. The molecule has 0 saturated heterocycles. The van der Waals surface area contributed by atoms with Gasteiger partial charge in [-0.1, -0.05) is 65.8 Å². The fraction of sp³-hybridized carbons (Fsp3) is 0.803. The molecule has 12 nitrogen and oxygen atoms in total. The molecule has 22 atom stereocenters. The molecule has 8 saturated carbocycles. The van der Waals surface area contributed by atoms with Crippen molar-refractivity contribution in [3.63, 3.8) is 0 Å². The Hall–Kier alpha value is -2.81. The fourth-order valence-electron chi connectivity index (χ4n) is 20.2. The molecule has 13 heteroatoms. The number of aliphatic hydroxyl groups is 4. The molecule has 2 aromatic carbocycles. The number of nitrogens with one attached hydrogen (secondary N) is 2. The Morgan fingerprint density at radius 3 is 1.70 bits per heavy atom. The second kappa shape index (κ2) is 20.1. The molecule has 0 bridgehead atoms. The number of fused-ring (bicyclic) bond motifs is 11. The van der Waals surface area contributed by atoms with Crippen LogP contribution in [0.25, 0.3) is 10.8 Å². The summed E-state index contributed by atoms with van der Waals surface area (Å²) in [4.78, 5) is 28.2. The van der Waals surface area contributed by atoms with Gasteiger partial charge in [0, 0.05) is 55.5 Å². The van der Waals surface area contributed by atoms with Crippen molar-refractivity contribution in [2.24, 2.45) is 92.7 Å². The van der Waals surface area contributed by atoms with Crippen LogP contribution in [-0.2, 0) is 24.3 Å². The van der Waals surface area contributed by atoms with Crippen molar-refractivity contribution in [1.29, 1.82) is 0 Å². The second-order valence-electron chi connectivity index (χ2n) is 27.5. The van der Waals surface area contributed by atoms with Gasteiger partial charge in [-0.05, 0) is 208 Å². The molecule has 2 aromatic rings. The fourth-order valence-corrected chi connectivity index (χ4v) is 21.7. The summed E-state index contributed by atoms with van der Waals surface area (Å²) < 4.78 is 36.3. The molecule has 0 spiro atoms. The molecular formula is C61H93N3O9S. The molecule has 0 aromatic heterocycles. The van der Waals surface area contributed by atoms with Gasteiger partial charge in [-0.2, -0.15) is 0 Å². The standard InChI is InChI=1S/C61H93N3O9S/c1-34(16-22-54(69)62-38-24-26-58(3)36(28-38)30-49(65)56-45-21-19-43(35(2)17-23-55(70)73-9)61(45,6)53(68)32-46(56)58)42-18-20-44-57-47(33-52(67)60(42,44)5)59(4)27-25-39(29-37(59)31-50(57)66)63-74(71,72)51-15-11-12-40-41(51)13-10-14-48(40)64(7)8/h10-15,34-39,42-47,49-50,52-53,56-57,63,65-68H,16-33H2,1-9H3,(H,62,69)/t34-,35-,36+,37+,38-,39-,42-,43-,44+,45+,46+,47+,49-,50-,52+,53+,56+,57+,58+,59+,60-,61-/m1/s1. The summed E-state index contributed by atoms with van der Waals surface area (Å²) in [6.45, 7) is 13.8. The molecule has 0 radical (unpaired) electrons. The van der Waals surface area contributed by atoms with Crippen LogP contribution >= 0.6 is 0 Å². The number of methoxy groups -OCH3 is 1. The Morgan fingerprint density at radius 2 is 1.16 bits per heavy atom. The Balaban J connectivity index is 0.735. The van der Waals surface area contributed by atoms with E-state index in [0.717, 1.165) is 88.1 Å². The number of hydrogen-bond donors (Lipinski definition) is 6. The molecule has 0 aliphatic heterocycles. The third-order valence-corrected chi connectivity index (χ3v) is 25.9. The van der Waals surface area contributed by atoms with Gasteiger partial charge < -0.3 is 35.4 Å². The highest BCUT2D eigenvalue weighted by molar-refractivity contribution is 7.89. The number of sulfonamides is 1. The predicted octanol–water partition coefficient (Wildman–Crippen LogP) is 9.24. The third-order valence-electron chi connectivity index (χ3n) is 24.3. The Kier molecular flexibility index (Phi) is 14.8. The number of rotatable bonds is 13. The molecule has 412 valence electrons. The van der Waals surface area contributed by atoms with Crippen molar-refractivity contribution >= 4 is 38.4 Å². The van der Waals surface area contributed by atoms with Gasteiger partial charge in [0.25, 0.3) is 0 Å². The average molecular weight is 1040 g/mol. The van der Waals surface area contributed by atoms with E-state index in [2.05, 4.69) is 51.6 Å². The topological polar surface area (TPSA) is 186 Å². The Bertz CT molecular complexity index is 2520. The van der Waals surface area contributed by atoms with Crippen molar-refractivity contribution in [3.8, 4) is 0 Å². The lowest BCUT2D eigenvalue weighted by atomic mass is 9.43. The van der Waals surface area contributed by atoms with Gasteiger partial charge in [0.1, 0.15) is 0 Å². The van der Waals surface area contributed by atoms with Gasteiger partial charge in [0.05, 0.1) is 36.4 Å². The molecule has 8 fully saturated rings. The summed E-state index contributed by atoms with van der Waals surface area (Å²) in [5, 5.41) is 53.8. The number of benzene rings is 2. The largest absolute Gasteiger partial charge is 0.469 e. The van der Waals surface area contributed by atoms with E-state index < -0.39 is 34.4 Å². The summed E-state index contributed by atoms with van der Waals surface area (Å²) in [5.74, 6) is 2.37. The van der Waals surface area contributed by atoms with Gasteiger partial charge in [0.2, 0.25) is 15.9 Å². The second-order valence-corrected chi connectivity index (χ2v) is 29.1. The smallest absolute Gasteiger partial charge is 0.305 e. The minimum absolute atomic E-state index is 0.00933. The van der Waals surface area contributed by atoms with E-state index in [0.29, 0.717) is 54.7 Å². The van der Waals surface area contributed by atoms with E-state index in [-0.39, 0.29) is 111 Å². The minimum atomic E-state index is -3.83. The molecule has 6 N–H and O–H groups in total. The van der Waals surface area contributed by atoms with E-state index in [4.69, 9.17) is 4.74 Å². The molecule has 8 aliphatic rings. The highest BCUT2D eigenvalue weighted by Gasteiger charge is 2.68. The maximum atomic E-state index is 14.1. The van der Waals surface area contributed by atoms with E-state index in [9.17, 15) is 38.4 Å². The summed E-state index contributed by atoms with van der Waals surface area (Å²) in [6, 6.07) is 11.1. The van der Waals surface area contributed by atoms with E-state index in [1.807, 2.05) is 49.3 Å². The Labute approximate surface area is 443 Å². The number of carbonyl (C=O) groups excluding carboxylic acids is 2. The lowest BCUT2D eigenvalue weighted by Crippen LogP contribution is -2.63. The van der Waals surface area contributed by atoms with E-state index in [1.165, 1.54) is 7.11 Å². The van der Waals surface area contributed by atoms with Crippen molar-refractivity contribution in [2.45, 2.75) is 199 Å². The van der Waals surface area contributed by atoms with Crippen LogP contribution in [-0.4, -0.2) is 98.4 Å². The number of aliphatic hydroxyl groups excluding tert-OH is 4. The number of esters is 1. The van der Waals surface area contributed by atoms with Crippen molar-refractivity contribution in [2.75, 3.05) is 26.1 Å². The summed E-state index contributed by atoms with van der Waals surface area (Å²) in [6.07, 6.45) is 12.0. The summed E-state index contributed by atoms with van der Waals surface area (Å²) in [7, 11) is 1.54. The Morgan fingerprint density at radius 1 is 0.662 bits per heavy atom. The molecule has 74 heavy (non-hydrogen) atoms. The zero-order valence-corrected chi connectivity index (χ0v) is 47.1. The first-order valence-corrected chi connectivity index (χ1v) is 30.7. The minimum Gasteiger partial charge on any atom is -0.469 e. The first-order valence-electron chi connectivity index (χ1n) is 29.3. The highest BCUT2D eigenvalue weighted by Crippen LogP contribution is 2.70. The summed E-state index contributed by atoms with van der Waals surface area (Å²) in [5.41, 5.74) is 0.191. The van der Waals surface area contributed by atoms with Crippen LogP contribution in [0.1, 0.15) is 157 Å². The van der Waals surface area contributed by atoms with Gasteiger partial charge in [0.15, 0.2) is 0 Å². The lowest BCUT2D eigenvalue weighted by molar-refractivity contribution is -0.202. The average Bonchev–Trinajstić information content (AvgIpc) is 3.91. The predicted molar refractivity (Wildman–Crippen MR) is 289 cm³/mol. The number of anilines is 1. The van der Waals surface area contributed by atoms with Crippen LogP contribution < -0.4 is 14.9 Å². The highest BCUT2D eigenvalue weighted by atomic mass is 32.2. The number of nitrogens with zero attached hydrogens (tertiary/aromatic N) is 1. The van der Waals surface area contributed by atoms with Gasteiger partial charge in [-0.3, -0.25) is 9.59 Å². The van der Waals surface area contributed by atoms with Crippen LogP contribution in [0.5, 0.6) is 0 Å². The van der Waals surface area contributed by atoms with Crippen LogP contribution in [0, 0.1) is 92.7 Å². The molecule has 0 heterocycles. The van der Waals surface area contributed by atoms with Crippen LogP contribution in [0.2, 0.25) is 0 Å². The number of hydrogen-bond acceptors (Lipinski definition) is 10. The summed E-state index contributed by atoms with van der Waals surface area (Å²) >= 11 is 0. The third kappa shape index (κ3) is 8.89. The van der Waals surface area contributed by atoms with E-state index >= 15 is 0 Å². The number of carbonyl (C=O) groups is 2. The number of amides is 1. The maximum absolute atomic E-state index is 14.1. The maximum Gasteiger partial charge on any atom is 0.305 e. The molecule has 8 aliphatic carbocycles. The van der Waals surface area contributed by atoms with Crippen LogP contribution in [0.15, 0.2) is 41.3 Å². The normalized spacial score (nSPS) is 44.4. The number of ether oxygens (including phenoxy) is 1. The monoisotopic (exact) mass is 1040 g/mol. The first kappa shape index (κ1) is 54.5.